The van der Waals surface area contributed by atoms with Gasteiger partial charge in [-0.05, 0) is 39.1 Å². The summed E-state index contributed by atoms with van der Waals surface area (Å²) in [4.78, 5) is 8.42. The van der Waals surface area contributed by atoms with Gasteiger partial charge in [0.2, 0.25) is 0 Å². The van der Waals surface area contributed by atoms with Crippen molar-refractivity contribution in [2.45, 2.75) is 26.1 Å². The van der Waals surface area contributed by atoms with Crippen molar-refractivity contribution in [2.24, 2.45) is 0 Å². The standard InChI is InChI=1S/C13H14F3N3/c1-7(17-3)12-10-6-9(13(14,15)16)4-5-11(10)18-8(2)19-12/h4-7,17H,1-3H3. The number of halogens is 3. The Labute approximate surface area is 108 Å². The van der Waals surface area contributed by atoms with Gasteiger partial charge in [-0.15, -0.1) is 0 Å². The molecule has 1 atom stereocenters. The van der Waals surface area contributed by atoms with Gasteiger partial charge in [0.05, 0.1) is 16.8 Å². The molecule has 2 rings (SSSR count). The van der Waals surface area contributed by atoms with Crippen molar-refractivity contribution in [3.05, 3.63) is 35.3 Å². The van der Waals surface area contributed by atoms with Crippen LogP contribution in [0.15, 0.2) is 18.2 Å². The van der Waals surface area contributed by atoms with Crippen LogP contribution in [0.1, 0.15) is 30.0 Å². The zero-order valence-corrected chi connectivity index (χ0v) is 10.8. The molecule has 19 heavy (non-hydrogen) atoms. The van der Waals surface area contributed by atoms with Crippen molar-refractivity contribution in [3.63, 3.8) is 0 Å². The monoisotopic (exact) mass is 269 g/mol. The van der Waals surface area contributed by atoms with Gasteiger partial charge in [0.25, 0.3) is 0 Å². The number of rotatable bonds is 2. The van der Waals surface area contributed by atoms with E-state index in [1.807, 2.05) is 6.92 Å². The maximum absolute atomic E-state index is 12.8. The van der Waals surface area contributed by atoms with E-state index in [0.29, 0.717) is 22.4 Å². The van der Waals surface area contributed by atoms with E-state index in [-0.39, 0.29) is 6.04 Å². The number of nitrogens with zero attached hydrogens (tertiary/aromatic N) is 2. The highest BCUT2D eigenvalue weighted by atomic mass is 19.4. The van der Waals surface area contributed by atoms with Gasteiger partial charge in [0, 0.05) is 11.4 Å². The molecule has 1 unspecified atom stereocenters. The van der Waals surface area contributed by atoms with E-state index < -0.39 is 11.7 Å². The van der Waals surface area contributed by atoms with Crippen LogP contribution >= 0.6 is 0 Å². The summed E-state index contributed by atoms with van der Waals surface area (Å²) in [5, 5.41) is 3.42. The summed E-state index contributed by atoms with van der Waals surface area (Å²) in [6, 6.07) is 3.40. The van der Waals surface area contributed by atoms with Crippen LogP contribution in [0.5, 0.6) is 0 Å². The Morgan fingerprint density at radius 1 is 1.21 bits per heavy atom. The molecule has 1 N–H and O–H groups in total. The van der Waals surface area contributed by atoms with Gasteiger partial charge in [-0.1, -0.05) is 0 Å². The summed E-state index contributed by atoms with van der Waals surface area (Å²) in [7, 11) is 1.74. The molecule has 0 aliphatic rings. The molecule has 1 heterocycles. The lowest BCUT2D eigenvalue weighted by Gasteiger charge is -2.15. The Morgan fingerprint density at radius 3 is 2.47 bits per heavy atom. The van der Waals surface area contributed by atoms with E-state index in [2.05, 4.69) is 15.3 Å². The van der Waals surface area contributed by atoms with Gasteiger partial charge < -0.3 is 5.32 Å². The highest BCUT2D eigenvalue weighted by Crippen LogP contribution is 2.32. The van der Waals surface area contributed by atoms with Crippen LogP contribution in [0, 0.1) is 6.92 Å². The molecule has 6 heteroatoms. The SMILES string of the molecule is CNC(C)c1nc(C)nc2ccc(C(F)(F)F)cc12. The first-order chi connectivity index (χ1) is 8.82. The Kier molecular flexibility index (Phi) is 3.45. The van der Waals surface area contributed by atoms with Gasteiger partial charge in [-0.25, -0.2) is 9.97 Å². The highest BCUT2D eigenvalue weighted by Gasteiger charge is 2.31. The van der Waals surface area contributed by atoms with Crippen LogP contribution in [-0.4, -0.2) is 17.0 Å². The molecule has 0 fully saturated rings. The minimum atomic E-state index is -4.36. The molecule has 1 aromatic carbocycles. The summed E-state index contributed by atoms with van der Waals surface area (Å²) in [6.07, 6.45) is -4.36. The molecular weight excluding hydrogens is 255 g/mol. The fourth-order valence-corrected chi connectivity index (χ4v) is 1.92. The van der Waals surface area contributed by atoms with Gasteiger partial charge in [0.1, 0.15) is 5.82 Å². The largest absolute Gasteiger partial charge is 0.416 e. The second kappa shape index (κ2) is 4.77. The number of aromatic nitrogens is 2. The Morgan fingerprint density at radius 2 is 1.89 bits per heavy atom. The van der Waals surface area contributed by atoms with Crippen LogP contribution in [0.2, 0.25) is 0 Å². The quantitative estimate of drug-likeness (QED) is 0.909. The summed E-state index contributed by atoms with van der Waals surface area (Å²) < 4.78 is 38.3. The number of alkyl halides is 3. The predicted molar refractivity (Wildman–Crippen MR) is 66.8 cm³/mol. The smallest absolute Gasteiger partial charge is 0.312 e. The van der Waals surface area contributed by atoms with E-state index >= 15 is 0 Å². The van der Waals surface area contributed by atoms with Gasteiger partial charge in [-0.3, -0.25) is 0 Å². The van der Waals surface area contributed by atoms with Crippen LogP contribution < -0.4 is 5.32 Å². The van der Waals surface area contributed by atoms with Crippen molar-refractivity contribution < 1.29 is 13.2 Å². The minimum absolute atomic E-state index is 0.146. The third kappa shape index (κ3) is 2.68. The van der Waals surface area contributed by atoms with Crippen LogP contribution in [0.25, 0.3) is 10.9 Å². The van der Waals surface area contributed by atoms with Crippen LogP contribution in [0.3, 0.4) is 0 Å². The van der Waals surface area contributed by atoms with Gasteiger partial charge >= 0.3 is 6.18 Å². The summed E-state index contributed by atoms with van der Waals surface area (Å²) in [5.41, 5.74) is 0.422. The number of aryl methyl sites for hydroxylation is 1. The van der Waals surface area contributed by atoms with Crippen LogP contribution in [0.4, 0.5) is 13.2 Å². The Hall–Kier alpha value is -1.69. The summed E-state index contributed by atoms with van der Waals surface area (Å²) in [5.74, 6) is 0.546. The second-order valence-corrected chi connectivity index (χ2v) is 4.40. The van der Waals surface area contributed by atoms with E-state index in [9.17, 15) is 13.2 Å². The lowest BCUT2D eigenvalue weighted by atomic mass is 10.1. The van der Waals surface area contributed by atoms with E-state index in [4.69, 9.17) is 0 Å². The molecule has 0 bridgehead atoms. The molecule has 1 aromatic heterocycles. The van der Waals surface area contributed by atoms with E-state index in [1.165, 1.54) is 6.07 Å². The Balaban J connectivity index is 2.72. The van der Waals surface area contributed by atoms with Gasteiger partial charge in [0.15, 0.2) is 0 Å². The Bertz CT molecular complexity index is 608. The minimum Gasteiger partial charge on any atom is -0.312 e. The number of benzene rings is 1. The zero-order chi connectivity index (χ0) is 14.2. The molecule has 0 radical (unpaired) electrons. The summed E-state index contributed by atoms with van der Waals surface area (Å²) in [6.45, 7) is 3.57. The van der Waals surface area contributed by atoms with Crippen molar-refractivity contribution in [3.8, 4) is 0 Å². The number of nitrogens with one attached hydrogen (secondary N) is 1. The first kappa shape index (κ1) is 13.7. The highest BCUT2D eigenvalue weighted by molar-refractivity contribution is 5.82. The molecule has 0 spiro atoms. The maximum Gasteiger partial charge on any atom is 0.416 e. The van der Waals surface area contributed by atoms with Crippen molar-refractivity contribution >= 4 is 10.9 Å². The molecule has 0 aliphatic heterocycles. The van der Waals surface area contributed by atoms with E-state index in [1.54, 1.807) is 14.0 Å². The third-order valence-corrected chi connectivity index (χ3v) is 3.01. The molecule has 0 saturated heterocycles. The van der Waals surface area contributed by atoms with Gasteiger partial charge in [-0.2, -0.15) is 13.2 Å². The van der Waals surface area contributed by atoms with Crippen molar-refractivity contribution in [1.82, 2.24) is 15.3 Å². The first-order valence-corrected chi connectivity index (χ1v) is 5.85. The number of fused-ring (bicyclic) bond motifs is 1. The first-order valence-electron chi connectivity index (χ1n) is 5.85. The lowest BCUT2D eigenvalue weighted by molar-refractivity contribution is -0.137. The molecule has 0 saturated carbocycles. The molecule has 0 aliphatic carbocycles. The maximum atomic E-state index is 12.8. The molecule has 3 nitrogen and oxygen atoms in total. The fraction of sp³-hybridized carbons (Fsp3) is 0.385. The average Bonchev–Trinajstić information content (AvgIpc) is 2.35. The summed E-state index contributed by atoms with van der Waals surface area (Å²) >= 11 is 0. The second-order valence-electron chi connectivity index (χ2n) is 4.40. The molecular formula is C13H14F3N3. The number of hydrogen-bond acceptors (Lipinski definition) is 3. The van der Waals surface area contributed by atoms with E-state index in [0.717, 1.165) is 12.1 Å². The zero-order valence-electron chi connectivity index (χ0n) is 10.8. The molecule has 2 aromatic rings. The topological polar surface area (TPSA) is 37.8 Å². The van der Waals surface area contributed by atoms with Crippen molar-refractivity contribution in [2.75, 3.05) is 7.05 Å². The van der Waals surface area contributed by atoms with Crippen LogP contribution in [-0.2, 0) is 6.18 Å². The number of hydrogen-bond donors (Lipinski definition) is 1. The molecule has 0 amide bonds. The molecule has 102 valence electrons. The lowest BCUT2D eigenvalue weighted by Crippen LogP contribution is -2.16. The van der Waals surface area contributed by atoms with Crippen molar-refractivity contribution in [1.29, 1.82) is 0 Å². The third-order valence-electron chi connectivity index (χ3n) is 3.01. The normalized spacial score (nSPS) is 13.8. The average molecular weight is 269 g/mol. The predicted octanol–water partition coefficient (Wildman–Crippen LogP) is 3.24. The fourth-order valence-electron chi connectivity index (χ4n) is 1.92.